The third-order valence-electron chi connectivity index (χ3n) is 2.26. The normalized spacial score (nSPS) is 17.2. The zero-order chi connectivity index (χ0) is 12.4. The molecule has 0 fully saturated rings. The average Bonchev–Trinajstić information content (AvgIpc) is 2.57. The molecule has 17 heavy (non-hydrogen) atoms. The van der Waals surface area contributed by atoms with Crippen molar-refractivity contribution in [2.24, 2.45) is 10.7 Å². The third kappa shape index (κ3) is 2.14. The Morgan fingerprint density at radius 3 is 2.53 bits per heavy atom. The highest BCUT2D eigenvalue weighted by Crippen LogP contribution is 2.23. The Hall–Kier alpha value is -2.25. The topological polar surface area (TPSA) is 82.4 Å². The Morgan fingerprint density at radius 1 is 1.35 bits per heavy atom. The summed E-state index contributed by atoms with van der Waals surface area (Å²) in [5.41, 5.74) is 6.59. The van der Waals surface area contributed by atoms with E-state index < -0.39 is 0 Å². The molecule has 0 unspecified atom stereocenters. The molecule has 0 radical (unpaired) electrons. The number of nitrogens with two attached hydrogens (primary N) is 1. The van der Waals surface area contributed by atoms with Gasteiger partial charge in [0.05, 0.1) is 0 Å². The van der Waals surface area contributed by atoms with Crippen LogP contribution in [0.4, 0.5) is 0 Å². The molecule has 4 nitrogen and oxygen atoms in total. The van der Waals surface area contributed by atoms with E-state index in [1.54, 1.807) is 36.4 Å². The summed E-state index contributed by atoms with van der Waals surface area (Å²) in [6.45, 7) is 0. The molecule has 0 aromatic heterocycles. The van der Waals surface area contributed by atoms with Gasteiger partial charge in [-0.25, -0.2) is 4.99 Å². The molecular formula is C12H8ClN3O. The van der Waals surface area contributed by atoms with Gasteiger partial charge in [-0.15, -0.1) is 0 Å². The standard InChI is InChI=1S/C12H8ClN3O/c13-8-3-1-7(2-4-8)5-10-11(17)9(6-14)12(15)16-10/h1-5,17H,(H2,15,16)/b10-5-. The van der Waals surface area contributed by atoms with Gasteiger partial charge in [0, 0.05) is 5.02 Å². The molecule has 1 aromatic carbocycles. The maximum Gasteiger partial charge on any atom is 0.162 e. The minimum atomic E-state index is -0.194. The molecule has 0 saturated heterocycles. The second-order valence-electron chi connectivity index (χ2n) is 3.41. The monoisotopic (exact) mass is 245 g/mol. The quantitative estimate of drug-likeness (QED) is 0.797. The highest BCUT2D eigenvalue weighted by Gasteiger charge is 2.20. The molecule has 0 aliphatic carbocycles. The lowest BCUT2D eigenvalue weighted by atomic mass is 10.1. The largest absolute Gasteiger partial charge is 0.504 e. The summed E-state index contributed by atoms with van der Waals surface area (Å²) >= 11 is 5.76. The Bertz CT molecular complexity index is 591. The van der Waals surface area contributed by atoms with Crippen molar-refractivity contribution >= 4 is 23.5 Å². The van der Waals surface area contributed by atoms with Crippen LogP contribution in [-0.4, -0.2) is 10.9 Å². The predicted molar refractivity (Wildman–Crippen MR) is 66.3 cm³/mol. The van der Waals surface area contributed by atoms with E-state index in [1.807, 2.05) is 0 Å². The molecule has 84 valence electrons. The van der Waals surface area contributed by atoms with Crippen LogP contribution in [0, 0.1) is 11.3 Å². The van der Waals surface area contributed by atoms with Gasteiger partial charge in [0.25, 0.3) is 0 Å². The summed E-state index contributed by atoms with van der Waals surface area (Å²) in [6.07, 6.45) is 1.63. The number of aliphatic hydroxyl groups is 1. The fraction of sp³-hybridized carbons (Fsp3) is 0. The summed E-state index contributed by atoms with van der Waals surface area (Å²) in [5.74, 6) is -0.162. The summed E-state index contributed by atoms with van der Waals surface area (Å²) < 4.78 is 0. The van der Waals surface area contributed by atoms with E-state index in [4.69, 9.17) is 22.6 Å². The van der Waals surface area contributed by atoms with Gasteiger partial charge in [0.15, 0.2) is 5.76 Å². The molecule has 1 aromatic rings. The number of hydrogen-bond acceptors (Lipinski definition) is 4. The first kappa shape index (κ1) is 11.2. The fourth-order valence-electron chi connectivity index (χ4n) is 1.42. The number of hydrogen-bond donors (Lipinski definition) is 2. The third-order valence-corrected chi connectivity index (χ3v) is 2.51. The lowest BCUT2D eigenvalue weighted by Gasteiger charge is -1.97. The number of benzene rings is 1. The van der Waals surface area contributed by atoms with Crippen LogP contribution in [0.15, 0.2) is 46.3 Å². The molecular weight excluding hydrogens is 238 g/mol. The van der Waals surface area contributed by atoms with Crippen LogP contribution < -0.4 is 5.73 Å². The maximum atomic E-state index is 9.70. The van der Waals surface area contributed by atoms with Crippen LogP contribution in [0.25, 0.3) is 6.08 Å². The van der Waals surface area contributed by atoms with Crippen molar-refractivity contribution < 1.29 is 5.11 Å². The number of halogens is 1. The molecule has 0 amide bonds. The van der Waals surface area contributed by atoms with Gasteiger partial charge >= 0.3 is 0 Å². The fourth-order valence-corrected chi connectivity index (χ4v) is 1.54. The highest BCUT2D eigenvalue weighted by molar-refractivity contribution is 6.30. The Morgan fingerprint density at radius 2 is 2.00 bits per heavy atom. The van der Waals surface area contributed by atoms with Crippen LogP contribution in [0.2, 0.25) is 5.02 Å². The Balaban J connectivity index is 2.41. The summed E-state index contributed by atoms with van der Waals surface area (Å²) in [5, 5.41) is 19.1. The molecule has 5 heteroatoms. The molecule has 0 saturated carbocycles. The van der Waals surface area contributed by atoms with Crippen LogP contribution >= 0.6 is 11.6 Å². The summed E-state index contributed by atoms with van der Waals surface area (Å²) in [6, 6.07) is 8.80. The van der Waals surface area contributed by atoms with Crippen molar-refractivity contribution in [2.45, 2.75) is 0 Å². The first-order valence-corrected chi connectivity index (χ1v) is 5.15. The number of aliphatic hydroxyl groups excluding tert-OH is 1. The molecule has 0 bridgehead atoms. The van der Waals surface area contributed by atoms with Gasteiger partial charge in [-0.1, -0.05) is 23.7 Å². The second-order valence-corrected chi connectivity index (χ2v) is 3.85. The van der Waals surface area contributed by atoms with Gasteiger partial charge < -0.3 is 10.8 Å². The van der Waals surface area contributed by atoms with Gasteiger partial charge in [-0.05, 0) is 23.8 Å². The average molecular weight is 246 g/mol. The van der Waals surface area contributed by atoms with Crippen LogP contribution in [-0.2, 0) is 0 Å². The van der Waals surface area contributed by atoms with Crippen molar-refractivity contribution in [2.75, 3.05) is 0 Å². The lowest BCUT2D eigenvalue weighted by Crippen LogP contribution is -2.10. The number of rotatable bonds is 1. The predicted octanol–water partition coefficient (Wildman–Crippen LogP) is 2.39. The minimum Gasteiger partial charge on any atom is -0.504 e. The van der Waals surface area contributed by atoms with Crippen LogP contribution in [0.1, 0.15) is 5.56 Å². The first-order valence-electron chi connectivity index (χ1n) is 4.77. The summed E-state index contributed by atoms with van der Waals surface area (Å²) in [4.78, 5) is 3.92. The van der Waals surface area contributed by atoms with E-state index in [0.717, 1.165) is 5.56 Å². The van der Waals surface area contributed by atoms with Crippen molar-refractivity contribution in [1.82, 2.24) is 0 Å². The van der Waals surface area contributed by atoms with E-state index in [9.17, 15) is 5.11 Å². The van der Waals surface area contributed by atoms with E-state index >= 15 is 0 Å². The molecule has 1 aliphatic heterocycles. The first-order chi connectivity index (χ1) is 8.11. The lowest BCUT2D eigenvalue weighted by molar-refractivity contribution is 0.424. The number of nitriles is 1. The van der Waals surface area contributed by atoms with E-state index in [0.29, 0.717) is 5.02 Å². The molecule has 2 rings (SSSR count). The molecule has 0 atom stereocenters. The molecule has 0 spiro atoms. The van der Waals surface area contributed by atoms with Gasteiger partial charge in [0.1, 0.15) is 23.2 Å². The molecule has 3 N–H and O–H groups in total. The van der Waals surface area contributed by atoms with E-state index in [1.165, 1.54) is 0 Å². The van der Waals surface area contributed by atoms with Gasteiger partial charge in [-0.3, -0.25) is 0 Å². The van der Waals surface area contributed by atoms with Gasteiger partial charge in [0.2, 0.25) is 0 Å². The van der Waals surface area contributed by atoms with Crippen molar-refractivity contribution in [1.29, 1.82) is 5.26 Å². The smallest absolute Gasteiger partial charge is 0.162 e. The van der Waals surface area contributed by atoms with E-state index in [-0.39, 0.29) is 22.9 Å². The Labute approximate surface area is 103 Å². The zero-order valence-electron chi connectivity index (χ0n) is 8.68. The van der Waals surface area contributed by atoms with Crippen LogP contribution in [0.5, 0.6) is 0 Å². The number of amidine groups is 1. The van der Waals surface area contributed by atoms with Crippen molar-refractivity contribution in [3.8, 4) is 6.07 Å². The summed E-state index contributed by atoms with van der Waals surface area (Å²) in [7, 11) is 0. The SMILES string of the molecule is N#CC1=C(O)/C(=C/c2ccc(Cl)cc2)N=C1N. The van der Waals surface area contributed by atoms with E-state index in [2.05, 4.69) is 4.99 Å². The Kier molecular flexibility index (Phi) is 2.86. The van der Waals surface area contributed by atoms with Crippen LogP contribution in [0.3, 0.4) is 0 Å². The maximum absolute atomic E-state index is 9.70. The van der Waals surface area contributed by atoms with Gasteiger partial charge in [-0.2, -0.15) is 5.26 Å². The zero-order valence-corrected chi connectivity index (χ0v) is 9.44. The molecule has 1 heterocycles. The second kappa shape index (κ2) is 4.32. The number of aliphatic imine (C=N–C) groups is 1. The minimum absolute atomic E-state index is 0.00483. The van der Waals surface area contributed by atoms with Crippen molar-refractivity contribution in [3.05, 3.63) is 51.9 Å². The molecule has 1 aliphatic rings. The number of nitrogens with zero attached hydrogens (tertiary/aromatic N) is 2. The highest BCUT2D eigenvalue weighted by atomic mass is 35.5. The van der Waals surface area contributed by atoms with Crippen molar-refractivity contribution in [3.63, 3.8) is 0 Å².